The molecule has 0 spiro atoms. The smallest absolute Gasteiger partial charge is 0.247 e. The molecule has 0 bridgehead atoms. The summed E-state index contributed by atoms with van der Waals surface area (Å²) < 4.78 is 5.30. The topological polar surface area (TPSA) is 72.6 Å². The highest BCUT2D eigenvalue weighted by Gasteiger charge is 2.61. The van der Waals surface area contributed by atoms with Crippen molar-refractivity contribution in [3.8, 4) is 5.75 Å². The van der Waals surface area contributed by atoms with E-state index >= 15 is 0 Å². The molecule has 3 saturated carbocycles. The number of hydrogen-bond donors (Lipinski definition) is 1. The molecule has 0 saturated heterocycles. The SMILES string of the molecule is COc1ccc(C(C)(C(N)=O)N2C(=O)C=C[C@@]3(C)C2CC[C@@H]2[C@H]3CC[C@]3(C)CCC[C@@H]23)cc1. The van der Waals surface area contributed by atoms with Crippen LogP contribution in [0.25, 0.3) is 0 Å². The molecular weight excluding hydrogens is 412 g/mol. The van der Waals surface area contributed by atoms with E-state index < -0.39 is 11.4 Å². The summed E-state index contributed by atoms with van der Waals surface area (Å²) in [5.41, 5.74) is 5.92. The Labute approximate surface area is 197 Å². The first-order valence-corrected chi connectivity index (χ1v) is 12.6. The van der Waals surface area contributed by atoms with Crippen LogP contribution in [0, 0.1) is 28.6 Å². The highest BCUT2D eigenvalue weighted by Crippen LogP contribution is 2.64. The molecule has 2 amide bonds. The Hall–Kier alpha value is -2.30. The number of carbonyl (C=O) groups is 2. The molecule has 0 radical (unpaired) electrons. The average molecular weight is 451 g/mol. The van der Waals surface area contributed by atoms with Crippen molar-refractivity contribution in [1.29, 1.82) is 0 Å². The summed E-state index contributed by atoms with van der Waals surface area (Å²) in [6.45, 7) is 6.66. The van der Waals surface area contributed by atoms with Gasteiger partial charge in [-0.1, -0.05) is 38.5 Å². The van der Waals surface area contributed by atoms with Gasteiger partial charge in [0, 0.05) is 11.5 Å². The van der Waals surface area contributed by atoms with Crippen molar-refractivity contribution < 1.29 is 14.3 Å². The van der Waals surface area contributed by atoms with Crippen molar-refractivity contribution in [3.05, 3.63) is 42.0 Å². The van der Waals surface area contributed by atoms with Crippen LogP contribution >= 0.6 is 0 Å². The molecule has 2 unspecified atom stereocenters. The highest BCUT2D eigenvalue weighted by atomic mass is 16.5. The molecule has 3 aliphatic carbocycles. The van der Waals surface area contributed by atoms with Gasteiger partial charge in [-0.25, -0.2) is 0 Å². The monoisotopic (exact) mass is 450 g/mol. The number of ether oxygens (including phenoxy) is 1. The van der Waals surface area contributed by atoms with E-state index in [2.05, 4.69) is 19.9 Å². The molecule has 178 valence electrons. The number of nitrogens with zero attached hydrogens (tertiary/aromatic N) is 1. The van der Waals surface area contributed by atoms with E-state index in [1.165, 1.54) is 32.1 Å². The van der Waals surface area contributed by atoms with Gasteiger partial charge < -0.3 is 15.4 Å². The van der Waals surface area contributed by atoms with E-state index in [4.69, 9.17) is 10.5 Å². The normalized spacial score (nSPS) is 39.3. The summed E-state index contributed by atoms with van der Waals surface area (Å²) in [5, 5.41) is 0. The van der Waals surface area contributed by atoms with Crippen molar-refractivity contribution in [3.63, 3.8) is 0 Å². The number of rotatable bonds is 4. The van der Waals surface area contributed by atoms with Crippen LogP contribution < -0.4 is 10.5 Å². The number of fused-ring (bicyclic) bond motifs is 5. The van der Waals surface area contributed by atoms with Crippen molar-refractivity contribution in [2.24, 2.45) is 34.3 Å². The number of methoxy groups -OCH3 is 1. The summed E-state index contributed by atoms with van der Waals surface area (Å²) >= 11 is 0. The van der Waals surface area contributed by atoms with Crippen LogP contribution in [0.15, 0.2) is 36.4 Å². The molecule has 5 heteroatoms. The van der Waals surface area contributed by atoms with Crippen LogP contribution in [0.2, 0.25) is 0 Å². The minimum absolute atomic E-state index is 0.0402. The largest absolute Gasteiger partial charge is 0.497 e. The van der Waals surface area contributed by atoms with Crippen molar-refractivity contribution >= 4 is 11.8 Å². The molecule has 5 nitrogen and oxygen atoms in total. The van der Waals surface area contributed by atoms with Gasteiger partial charge in [-0.05, 0) is 92.4 Å². The Morgan fingerprint density at radius 1 is 1.09 bits per heavy atom. The Bertz CT molecular complexity index is 987. The molecule has 7 atom stereocenters. The highest BCUT2D eigenvalue weighted by molar-refractivity contribution is 5.96. The molecule has 1 heterocycles. The molecule has 0 aromatic heterocycles. The van der Waals surface area contributed by atoms with Gasteiger partial charge in [0.1, 0.15) is 11.3 Å². The Balaban J connectivity index is 1.55. The van der Waals surface area contributed by atoms with Crippen LogP contribution in [0.3, 0.4) is 0 Å². The third-order valence-electron chi connectivity index (χ3n) is 10.3. The van der Waals surface area contributed by atoms with Crippen molar-refractivity contribution in [1.82, 2.24) is 4.90 Å². The molecule has 1 aromatic carbocycles. The summed E-state index contributed by atoms with van der Waals surface area (Å²) in [6, 6.07) is 7.35. The van der Waals surface area contributed by atoms with Crippen LogP contribution in [0.5, 0.6) is 5.75 Å². The van der Waals surface area contributed by atoms with Crippen molar-refractivity contribution in [2.45, 2.75) is 77.3 Å². The van der Waals surface area contributed by atoms with Crippen LogP contribution in [0.1, 0.15) is 71.3 Å². The number of nitrogens with two attached hydrogens (primary N) is 1. The third kappa shape index (κ3) is 3.10. The number of benzene rings is 1. The fraction of sp³-hybridized carbons (Fsp3) is 0.643. The van der Waals surface area contributed by atoms with Crippen LogP contribution in [-0.2, 0) is 15.1 Å². The Morgan fingerprint density at radius 2 is 1.82 bits per heavy atom. The van der Waals surface area contributed by atoms with Gasteiger partial charge in [-0.15, -0.1) is 0 Å². The van der Waals surface area contributed by atoms with Crippen molar-refractivity contribution in [2.75, 3.05) is 7.11 Å². The summed E-state index contributed by atoms with van der Waals surface area (Å²) in [5.74, 6) is 2.13. The Kier molecular flexibility index (Phi) is 5.19. The minimum Gasteiger partial charge on any atom is -0.497 e. The van der Waals surface area contributed by atoms with E-state index in [9.17, 15) is 9.59 Å². The summed E-state index contributed by atoms with van der Waals surface area (Å²) in [7, 11) is 1.62. The van der Waals surface area contributed by atoms with E-state index in [1.807, 2.05) is 36.1 Å². The predicted molar refractivity (Wildman–Crippen MR) is 128 cm³/mol. The van der Waals surface area contributed by atoms with Gasteiger partial charge >= 0.3 is 0 Å². The van der Waals surface area contributed by atoms with E-state index in [1.54, 1.807) is 13.2 Å². The zero-order chi connectivity index (χ0) is 23.6. The first kappa shape index (κ1) is 22.5. The molecule has 33 heavy (non-hydrogen) atoms. The lowest BCUT2D eigenvalue weighted by molar-refractivity contribution is -0.160. The van der Waals surface area contributed by atoms with E-state index in [0.29, 0.717) is 23.0 Å². The zero-order valence-corrected chi connectivity index (χ0v) is 20.5. The number of primary amides is 1. The first-order valence-electron chi connectivity index (χ1n) is 12.6. The third-order valence-corrected chi connectivity index (χ3v) is 10.3. The number of carbonyl (C=O) groups excluding carboxylic acids is 2. The van der Waals surface area contributed by atoms with Gasteiger partial charge in [-0.2, -0.15) is 0 Å². The van der Waals surface area contributed by atoms with Gasteiger partial charge in [0.25, 0.3) is 0 Å². The second-order valence-electron chi connectivity index (χ2n) is 11.6. The molecule has 1 aliphatic heterocycles. The fourth-order valence-electron chi connectivity index (χ4n) is 8.34. The standard InChI is InChI=1S/C28H38N2O3/c1-26-15-5-6-21(26)20-11-12-23-27(2,22(20)13-16-26)17-14-24(31)30(23)28(3,25(29)32)18-7-9-19(33-4)10-8-18/h7-10,14,17,20-23H,5-6,11-13,15-16H2,1-4H3,(H2,29,32)/t20-,21-,22+,23?,26-,27+,28?/m0/s1. The minimum atomic E-state index is -1.22. The molecule has 2 N–H and O–H groups in total. The molecular formula is C28H38N2O3. The first-order chi connectivity index (χ1) is 15.6. The molecule has 5 rings (SSSR count). The van der Waals surface area contributed by atoms with Crippen LogP contribution in [0.4, 0.5) is 0 Å². The Morgan fingerprint density at radius 3 is 2.48 bits per heavy atom. The maximum atomic E-state index is 13.4. The predicted octanol–water partition coefficient (Wildman–Crippen LogP) is 4.80. The number of amides is 2. The number of hydrogen-bond acceptors (Lipinski definition) is 3. The quantitative estimate of drug-likeness (QED) is 0.716. The lowest BCUT2D eigenvalue weighted by atomic mass is 9.48. The average Bonchev–Trinajstić information content (AvgIpc) is 3.21. The maximum Gasteiger partial charge on any atom is 0.247 e. The maximum absolute atomic E-state index is 13.4. The van der Waals surface area contributed by atoms with Gasteiger partial charge in [0.15, 0.2) is 0 Å². The van der Waals surface area contributed by atoms with Crippen LogP contribution in [-0.4, -0.2) is 29.9 Å². The van der Waals surface area contributed by atoms with Gasteiger partial charge in [-0.3, -0.25) is 9.59 Å². The lowest BCUT2D eigenvalue weighted by Crippen LogP contribution is -2.67. The van der Waals surface area contributed by atoms with E-state index in [-0.39, 0.29) is 17.4 Å². The summed E-state index contributed by atoms with van der Waals surface area (Å²) in [6.07, 6.45) is 12.5. The van der Waals surface area contributed by atoms with Gasteiger partial charge in [0.05, 0.1) is 7.11 Å². The molecule has 1 aromatic rings. The molecule has 4 aliphatic rings. The van der Waals surface area contributed by atoms with E-state index in [0.717, 1.165) is 24.3 Å². The zero-order valence-electron chi connectivity index (χ0n) is 20.5. The fourth-order valence-corrected chi connectivity index (χ4v) is 8.34. The molecule has 3 fully saturated rings. The second kappa shape index (κ2) is 7.61. The lowest BCUT2D eigenvalue weighted by Gasteiger charge is -2.62. The summed E-state index contributed by atoms with van der Waals surface area (Å²) in [4.78, 5) is 28.3. The van der Waals surface area contributed by atoms with Gasteiger partial charge in [0.2, 0.25) is 11.8 Å². The second-order valence-corrected chi connectivity index (χ2v) is 11.6.